The van der Waals surface area contributed by atoms with Crippen LogP contribution in [0.5, 0.6) is 0 Å². The number of rotatable bonds is 66. The monoisotopic (exact) mass is 1250 g/mol. The van der Waals surface area contributed by atoms with Gasteiger partial charge in [-0.1, -0.05) is 285 Å². The first-order valence-electron chi connectivity index (χ1n) is 34.7. The van der Waals surface area contributed by atoms with E-state index in [1.165, 1.54) is 148 Å². The van der Waals surface area contributed by atoms with E-state index >= 15 is 0 Å². The van der Waals surface area contributed by atoms with Crippen molar-refractivity contribution in [3.05, 3.63) is 0 Å². The number of ether oxygens (including phenoxy) is 4. The van der Waals surface area contributed by atoms with Crippen LogP contribution in [0, 0.1) is 5.92 Å². The zero-order valence-corrected chi connectivity index (χ0v) is 56.5. The molecule has 19 heteroatoms. The van der Waals surface area contributed by atoms with E-state index in [4.69, 9.17) is 37.0 Å². The second-order valence-corrected chi connectivity index (χ2v) is 27.0. The highest BCUT2D eigenvalue weighted by atomic mass is 31.2. The van der Waals surface area contributed by atoms with Gasteiger partial charge >= 0.3 is 39.5 Å². The van der Waals surface area contributed by atoms with Gasteiger partial charge in [0, 0.05) is 25.7 Å². The molecule has 0 spiro atoms. The minimum absolute atomic E-state index is 0.105. The number of esters is 4. The molecule has 0 aromatic rings. The van der Waals surface area contributed by atoms with Gasteiger partial charge in [-0.25, -0.2) is 9.13 Å². The summed E-state index contributed by atoms with van der Waals surface area (Å²) < 4.78 is 68.0. The first-order valence-corrected chi connectivity index (χ1v) is 37.7. The number of aliphatic hydroxyl groups is 1. The van der Waals surface area contributed by atoms with Crippen LogP contribution in [-0.4, -0.2) is 96.7 Å². The molecule has 504 valence electrons. The summed E-state index contributed by atoms with van der Waals surface area (Å²) in [6.07, 6.45) is 44.4. The van der Waals surface area contributed by atoms with Gasteiger partial charge in [-0.3, -0.25) is 37.3 Å². The molecule has 0 heterocycles. The fourth-order valence-electron chi connectivity index (χ4n) is 9.90. The molecule has 85 heavy (non-hydrogen) atoms. The van der Waals surface area contributed by atoms with Crippen LogP contribution in [0.2, 0.25) is 0 Å². The van der Waals surface area contributed by atoms with Crippen molar-refractivity contribution < 1.29 is 80.2 Å². The van der Waals surface area contributed by atoms with E-state index in [0.29, 0.717) is 25.7 Å². The van der Waals surface area contributed by atoms with Crippen LogP contribution in [0.15, 0.2) is 0 Å². The van der Waals surface area contributed by atoms with Gasteiger partial charge in [0.25, 0.3) is 0 Å². The molecule has 0 radical (unpaired) electrons. The van der Waals surface area contributed by atoms with Gasteiger partial charge in [-0.2, -0.15) is 0 Å². The second kappa shape index (κ2) is 59.7. The Bertz CT molecular complexity index is 1650. The lowest BCUT2D eigenvalue weighted by molar-refractivity contribution is -0.161. The van der Waals surface area contributed by atoms with Gasteiger partial charge in [-0.05, 0) is 31.6 Å². The van der Waals surface area contributed by atoms with Gasteiger partial charge < -0.3 is 33.8 Å². The highest BCUT2D eigenvalue weighted by molar-refractivity contribution is 7.47. The molecule has 3 N–H and O–H groups in total. The maximum absolute atomic E-state index is 13.0. The molecule has 0 rings (SSSR count). The smallest absolute Gasteiger partial charge is 0.462 e. The van der Waals surface area contributed by atoms with Crippen LogP contribution in [0.1, 0.15) is 336 Å². The molecule has 0 aliphatic heterocycles. The Morgan fingerprint density at radius 2 is 0.565 bits per heavy atom. The maximum atomic E-state index is 13.0. The highest BCUT2D eigenvalue weighted by Crippen LogP contribution is 2.45. The van der Waals surface area contributed by atoms with E-state index in [1.807, 2.05) is 0 Å². The Kier molecular flexibility index (Phi) is 58.3. The van der Waals surface area contributed by atoms with Crippen LogP contribution in [0.4, 0.5) is 0 Å². The number of hydrogen-bond donors (Lipinski definition) is 3. The Balaban J connectivity index is 5.20. The number of aliphatic hydroxyl groups excluding tert-OH is 1. The first-order chi connectivity index (χ1) is 41.1. The van der Waals surface area contributed by atoms with Gasteiger partial charge in [-0.15, -0.1) is 0 Å². The lowest BCUT2D eigenvalue weighted by atomic mass is 9.99. The zero-order valence-electron chi connectivity index (χ0n) is 54.7. The molecule has 0 bridgehead atoms. The highest BCUT2D eigenvalue weighted by Gasteiger charge is 2.30. The summed E-state index contributed by atoms with van der Waals surface area (Å²) in [5.74, 6) is -1.32. The SMILES string of the molecule is CCCCCCCCCCCCCCCCCC(=O)O[C@H](COC(=O)CCCCCCCCCCCCC(C)CC)COP(=O)(O)OC[C@@H](O)COP(=O)(O)OC[C@@H](COC(=O)CCCCCCCCC)OC(=O)CCCCCCCCCCC. The standard InChI is InChI=1S/C66H128O17P2/c1-6-10-13-16-19-21-22-23-24-25-26-32-37-42-47-52-66(71)83-62(56-77-64(69)50-45-40-35-31-28-27-30-34-38-43-48-59(5)9-4)58-81-85(74,75)79-54-60(67)53-78-84(72,73)80-57-61(55-76-63(68)49-44-39-33-18-15-12-8-3)82-65(70)51-46-41-36-29-20-17-14-11-7-2/h59-62,67H,6-58H2,1-5H3,(H,72,73)(H,74,75)/t59?,60-,61+,62+/m0/s1. The van der Waals surface area contributed by atoms with E-state index in [0.717, 1.165) is 109 Å². The molecule has 0 aromatic carbocycles. The molecular formula is C66H128O17P2. The first kappa shape index (κ1) is 83.1. The number of unbranched alkanes of at least 4 members (excludes halogenated alkanes) is 37. The molecule has 0 aliphatic rings. The Labute approximate surface area is 517 Å². The fraction of sp³-hybridized carbons (Fsp3) is 0.939. The molecule has 0 saturated heterocycles. The summed E-state index contributed by atoms with van der Waals surface area (Å²) in [6.45, 7) is 7.19. The second-order valence-electron chi connectivity index (χ2n) is 24.1. The average molecular weight is 1260 g/mol. The molecule has 0 aliphatic carbocycles. The van der Waals surface area contributed by atoms with Crippen LogP contribution < -0.4 is 0 Å². The van der Waals surface area contributed by atoms with Gasteiger partial charge in [0.05, 0.1) is 26.4 Å². The van der Waals surface area contributed by atoms with Gasteiger partial charge in [0.15, 0.2) is 12.2 Å². The lowest BCUT2D eigenvalue weighted by Gasteiger charge is -2.21. The lowest BCUT2D eigenvalue weighted by Crippen LogP contribution is -2.30. The van der Waals surface area contributed by atoms with Crippen molar-refractivity contribution in [1.82, 2.24) is 0 Å². The summed E-state index contributed by atoms with van der Waals surface area (Å²) in [5.41, 5.74) is 0. The molecule has 6 atom stereocenters. The van der Waals surface area contributed by atoms with Crippen molar-refractivity contribution in [3.63, 3.8) is 0 Å². The Hall–Kier alpha value is -1.94. The third-order valence-electron chi connectivity index (χ3n) is 15.6. The number of phosphoric ester groups is 2. The molecular weight excluding hydrogens is 1130 g/mol. The minimum atomic E-state index is -4.95. The van der Waals surface area contributed by atoms with E-state index in [9.17, 15) is 43.2 Å². The largest absolute Gasteiger partial charge is 0.472 e. The van der Waals surface area contributed by atoms with Gasteiger partial charge in [0.2, 0.25) is 0 Å². The number of phosphoric acid groups is 2. The van der Waals surface area contributed by atoms with Crippen molar-refractivity contribution in [3.8, 4) is 0 Å². The molecule has 0 aromatic heterocycles. The van der Waals surface area contributed by atoms with E-state index in [2.05, 4.69) is 34.6 Å². The third kappa shape index (κ3) is 59.5. The predicted octanol–water partition coefficient (Wildman–Crippen LogP) is 18.6. The summed E-state index contributed by atoms with van der Waals surface area (Å²) in [4.78, 5) is 72.2. The average Bonchev–Trinajstić information content (AvgIpc) is 3.54. The zero-order chi connectivity index (χ0) is 62.8. The van der Waals surface area contributed by atoms with Crippen LogP contribution in [0.25, 0.3) is 0 Å². The molecule has 3 unspecified atom stereocenters. The van der Waals surface area contributed by atoms with E-state index in [1.54, 1.807) is 0 Å². The molecule has 0 amide bonds. The summed E-state index contributed by atoms with van der Waals surface area (Å²) in [6, 6.07) is 0. The van der Waals surface area contributed by atoms with Crippen molar-refractivity contribution in [1.29, 1.82) is 0 Å². The van der Waals surface area contributed by atoms with Crippen molar-refractivity contribution >= 4 is 39.5 Å². The summed E-state index contributed by atoms with van der Waals surface area (Å²) >= 11 is 0. The van der Waals surface area contributed by atoms with Crippen molar-refractivity contribution in [2.75, 3.05) is 39.6 Å². The quantitative estimate of drug-likeness (QED) is 0.0222. The van der Waals surface area contributed by atoms with Gasteiger partial charge in [0.1, 0.15) is 19.3 Å². The maximum Gasteiger partial charge on any atom is 0.472 e. The van der Waals surface area contributed by atoms with Crippen LogP contribution in [0.3, 0.4) is 0 Å². The van der Waals surface area contributed by atoms with E-state index in [-0.39, 0.29) is 25.7 Å². The summed E-state index contributed by atoms with van der Waals surface area (Å²) in [7, 11) is -9.88. The summed E-state index contributed by atoms with van der Waals surface area (Å²) in [5, 5.41) is 10.5. The number of hydrogen-bond acceptors (Lipinski definition) is 15. The minimum Gasteiger partial charge on any atom is -0.462 e. The Morgan fingerprint density at radius 3 is 0.835 bits per heavy atom. The topological polar surface area (TPSA) is 237 Å². The predicted molar refractivity (Wildman–Crippen MR) is 340 cm³/mol. The van der Waals surface area contributed by atoms with Crippen LogP contribution in [-0.2, 0) is 65.4 Å². The normalized spacial score (nSPS) is 14.5. The number of carbonyl (C=O) groups is 4. The van der Waals surface area contributed by atoms with Crippen molar-refractivity contribution in [2.24, 2.45) is 5.92 Å². The van der Waals surface area contributed by atoms with Crippen molar-refractivity contribution in [2.45, 2.75) is 355 Å². The van der Waals surface area contributed by atoms with E-state index < -0.39 is 97.5 Å². The Morgan fingerprint density at radius 1 is 0.329 bits per heavy atom. The third-order valence-corrected chi connectivity index (χ3v) is 17.5. The molecule has 17 nitrogen and oxygen atoms in total. The van der Waals surface area contributed by atoms with Crippen LogP contribution >= 0.6 is 15.6 Å². The molecule has 0 saturated carbocycles. The number of carbonyl (C=O) groups excluding carboxylic acids is 4. The fourth-order valence-corrected chi connectivity index (χ4v) is 11.5. The molecule has 0 fully saturated rings.